The maximum atomic E-state index is 11.1. The van der Waals surface area contributed by atoms with Crippen LogP contribution in [0.1, 0.15) is 28.9 Å². The smallest absolute Gasteiger partial charge is 0.159 e. The van der Waals surface area contributed by atoms with E-state index in [4.69, 9.17) is 17.3 Å². The first-order chi connectivity index (χ1) is 7.47. The number of anilines is 1. The standard InChI is InChI=1S/C11H14ClNO3/c1-6(14)7-2-3-8(9(13)4-7)11(16)10(15)5-12/h2-4,10-11,15-16H,5,13H2,1H3. The van der Waals surface area contributed by atoms with Gasteiger partial charge in [-0.2, -0.15) is 0 Å². The third-order valence-corrected chi connectivity index (χ3v) is 2.65. The molecule has 0 fully saturated rings. The number of carbonyl (C=O) groups excluding carboxylic acids is 1. The molecule has 4 nitrogen and oxygen atoms in total. The fourth-order valence-electron chi connectivity index (χ4n) is 1.35. The van der Waals surface area contributed by atoms with Gasteiger partial charge in [0.1, 0.15) is 6.10 Å². The van der Waals surface area contributed by atoms with Crippen molar-refractivity contribution in [1.29, 1.82) is 0 Å². The summed E-state index contributed by atoms with van der Waals surface area (Å²) < 4.78 is 0. The Morgan fingerprint density at radius 1 is 1.50 bits per heavy atom. The molecule has 88 valence electrons. The highest BCUT2D eigenvalue weighted by atomic mass is 35.5. The summed E-state index contributed by atoms with van der Waals surface area (Å²) in [6, 6.07) is 4.55. The highest BCUT2D eigenvalue weighted by Crippen LogP contribution is 2.25. The predicted octanol–water partition coefficient (Wildman–Crippen LogP) is 1.10. The van der Waals surface area contributed by atoms with Crippen LogP contribution in [0, 0.1) is 0 Å². The van der Waals surface area contributed by atoms with Crippen molar-refractivity contribution in [3.8, 4) is 0 Å². The van der Waals surface area contributed by atoms with Gasteiger partial charge < -0.3 is 15.9 Å². The largest absolute Gasteiger partial charge is 0.398 e. The van der Waals surface area contributed by atoms with Crippen molar-refractivity contribution in [1.82, 2.24) is 0 Å². The minimum atomic E-state index is -1.14. The van der Waals surface area contributed by atoms with E-state index >= 15 is 0 Å². The first-order valence-electron chi connectivity index (χ1n) is 4.79. The number of rotatable bonds is 4. The van der Waals surface area contributed by atoms with E-state index in [1.54, 1.807) is 6.07 Å². The Kier molecular flexibility index (Phi) is 4.29. The summed E-state index contributed by atoms with van der Waals surface area (Å²) in [6.07, 6.45) is -2.22. The third-order valence-electron chi connectivity index (χ3n) is 2.33. The van der Waals surface area contributed by atoms with E-state index in [-0.39, 0.29) is 17.4 Å². The minimum Gasteiger partial charge on any atom is -0.398 e. The topological polar surface area (TPSA) is 83.5 Å². The zero-order valence-electron chi connectivity index (χ0n) is 8.85. The Morgan fingerprint density at radius 2 is 2.12 bits per heavy atom. The number of Topliss-reactive ketones (excluding diaryl/α,β-unsaturated/α-hetero) is 1. The van der Waals surface area contributed by atoms with Crippen molar-refractivity contribution in [2.75, 3.05) is 11.6 Å². The van der Waals surface area contributed by atoms with Crippen molar-refractivity contribution in [3.63, 3.8) is 0 Å². The van der Waals surface area contributed by atoms with Crippen LogP contribution < -0.4 is 5.73 Å². The molecule has 1 rings (SSSR count). The fraction of sp³-hybridized carbons (Fsp3) is 0.364. The lowest BCUT2D eigenvalue weighted by Gasteiger charge is -2.17. The molecule has 0 radical (unpaired) electrons. The van der Waals surface area contributed by atoms with Gasteiger partial charge in [-0.3, -0.25) is 4.79 Å². The Labute approximate surface area is 98.6 Å². The van der Waals surface area contributed by atoms with Gasteiger partial charge in [-0.1, -0.05) is 12.1 Å². The van der Waals surface area contributed by atoms with E-state index < -0.39 is 12.2 Å². The second-order valence-electron chi connectivity index (χ2n) is 3.57. The summed E-state index contributed by atoms with van der Waals surface area (Å²) in [4.78, 5) is 11.1. The number of hydrogen-bond donors (Lipinski definition) is 3. The second-order valence-corrected chi connectivity index (χ2v) is 3.87. The van der Waals surface area contributed by atoms with E-state index in [1.807, 2.05) is 0 Å². The number of nitrogens with two attached hydrogens (primary N) is 1. The van der Waals surface area contributed by atoms with Crippen LogP contribution in [0.5, 0.6) is 0 Å². The quantitative estimate of drug-likeness (QED) is 0.420. The summed E-state index contributed by atoms with van der Waals surface area (Å²) in [7, 11) is 0. The lowest BCUT2D eigenvalue weighted by atomic mass is 10.00. The molecule has 0 bridgehead atoms. The van der Waals surface area contributed by atoms with Crippen LogP contribution in [-0.4, -0.2) is 28.0 Å². The van der Waals surface area contributed by atoms with Gasteiger partial charge in [0, 0.05) is 16.8 Å². The summed E-state index contributed by atoms with van der Waals surface area (Å²) in [5.74, 6) is -0.194. The van der Waals surface area contributed by atoms with Crippen LogP contribution in [0.4, 0.5) is 5.69 Å². The van der Waals surface area contributed by atoms with Crippen LogP contribution in [0.25, 0.3) is 0 Å². The van der Waals surface area contributed by atoms with Gasteiger partial charge in [0.15, 0.2) is 5.78 Å². The Morgan fingerprint density at radius 3 is 2.56 bits per heavy atom. The Hall–Kier alpha value is -1.10. The van der Waals surface area contributed by atoms with Gasteiger partial charge in [-0.25, -0.2) is 0 Å². The van der Waals surface area contributed by atoms with Crippen LogP contribution >= 0.6 is 11.6 Å². The number of hydrogen-bond acceptors (Lipinski definition) is 4. The highest BCUT2D eigenvalue weighted by Gasteiger charge is 2.19. The minimum absolute atomic E-state index is 0.0882. The molecule has 0 aromatic heterocycles. The monoisotopic (exact) mass is 243 g/mol. The first-order valence-corrected chi connectivity index (χ1v) is 5.33. The van der Waals surface area contributed by atoms with Crippen molar-refractivity contribution in [2.24, 2.45) is 0 Å². The van der Waals surface area contributed by atoms with Gasteiger partial charge in [0.25, 0.3) is 0 Å². The molecule has 2 unspecified atom stereocenters. The molecule has 0 heterocycles. The summed E-state index contributed by atoms with van der Waals surface area (Å²) in [5, 5.41) is 19.1. The fourth-order valence-corrected chi connectivity index (χ4v) is 1.52. The summed E-state index contributed by atoms with van der Waals surface area (Å²) in [5.41, 5.74) is 6.79. The second kappa shape index (κ2) is 5.30. The molecule has 2 atom stereocenters. The van der Waals surface area contributed by atoms with Gasteiger partial charge >= 0.3 is 0 Å². The third kappa shape index (κ3) is 2.72. The van der Waals surface area contributed by atoms with E-state index in [1.165, 1.54) is 19.1 Å². The number of halogens is 1. The molecule has 5 heteroatoms. The van der Waals surface area contributed by atoms with Crippen molar-refractivity contribution in [3.05, 3.63) is 29.3 Å². The number of carbonyl (C=O) groups is 1. The molecule has 4 N–H and O–H groups in total. The number of benzene rings is 1. The van der Waals surface area contributed by atoms with Gasteiger partial charge in [0.05, 0.1) is 12.0 Å². The maximum absolute atomic E-state index is 11.1. The highest BCUT2D eigenvalue weighted by molar-refractivity contribution is 6.18. The zero-order chi connectivity index (χ0) is 12.3. The van der Waals surface area contributed by atoms with Crippen molar-refractivity contribution < 1.29 is 15.0 Å². The number of ketones is 1. The Balaban J connectivity index is 3.03. The molecule has 0 aliphatic carbocycles. The molecular weight excluding hydrogens is 230 g/mol. The molecular formula is C11H14ClNO3. The van der Waals surface area contributed by atoms with Gasteiger partial charge in [-0.05, 0) is 13.0 Å². The van der Waals surface area contributed by atoms with Crippen LogP contribution in [0.2, 0.25) is 0 Å². The zero-order valence-corrected chi connectivity index (χ0v) is 9.61. The summed E-state index contributed by atoms with van der Waals surface area (Å²) in [6.45, 7) is 1.43. The van der Waals surface area contributed by atoms with Gasteiger partial charge in [0.2, 0.25) is 0 Å². The van der Waals surface area contributed by atoms with E-state index in [9.17, 15) is 15.0 Å². The molecule has 0 spiro atoms. The SMILES string of the molecule is CC(=O)c1ccc(C(O)C(O)CCl)c(N)c1. The lowest BCUT2D eigenvalue weighted by Crippen LogP contribution is -2.20. The normalized spacial score (nSPS) is 14.5. The van der Waals surface area contributed by atoms with Crippen molar-refractivity contribution >= 4 is 23.1 Å². The van der Waals surface area contributed by atoms with Crippen LogP contribution in [0.3, 0.4) is 0 Å². The number of aliphatic hydroxyl groups excluding tert-OH is 2. The van der Waals surface area contributed by atoms with E-state index in [2.05, 4.69) is 0 Å². The molecule has 0 aliphatic heterocycles. The molecule has 1 aromatic rings. The molecule has 16 heavy (non-hydrogen) atoms. The molecule has 1 aromatic carbocycles. The number of nitrogen functional groups attached to an aromatic ring is 1. The van der Waals surface area contributed by atoms with Crippen LogP contribution in [0.15, 0.2) is 18.2 Å². The number of alkyl halides is 1. The van der Waals surface area contributed by atoms with E-state index in [0.717, 1.165) is 0 Å². The molecule has 0 amide bonds. The van der Waals surface area contributed by atoms with E-state index in [0.29, 0.717) is 11.1 Å². The lowest BCUT2D eigenvalue weighted by molar-refractivity contribution is 0.0332. The predicted molar refractivity (Wildman–Crippen MR) is 62.5 cm³/mol. The van der Waals surface area contributed by atoms with Gasteiger partial charge in [-0.15, -0.1) is 11.6 Å². The molecule has 0 saturated heterocycles. The number of aliphatic hydroxyl groups is 2. The van der Waals surface area contributed by atoms with Crippen molar-refractivity contribution in [2.45, 2.75) is 19.1 Å². The summed E-state index contributed by atoms with van der Waals surface area (Å²) >= 11 is 5.43. The molecule has 0 aliphatic rings. The first kappa shape index (κ1) is 13.0. The maximum Gasteiger partial charge on any atom is 0.159 e. The average Bonchev–Trinajstić information content (AvgIpc) is 2.26. The van der Waals surface area contributed by atoms with Crippen LogP contribution in [-0.2, 0) is 0 Å². The molecule has 0 saturated carbocycles. The average molecular weight is 244 g/mol. The Bertz CT molecular complexity index is 395.